The van der Waals surface area contributed by atoms with Crippen LogP contribution >= 0.6 is 0 Å². The number of aryl methyl sites for hydroxylation is 1. The van der Waals surface area contributed by atoms with E-state index in [1.54, 1.807) is 35.1 Å². The third-order valence-corrected chi connectivity index (χ3v) is 3.78. The Labute approximate surface area is 149 Å². The van der Waals surface area contributed by atoms with Gasteiger partial charge in [0.1, 0.15) is 5.75 Å². The molecule has 0 saturated heterocycles. The Bertz CT molecular complexity index is 892. The van der Waals surface area contributed by atoms with Crippen LogP contribution in [0.2, 0.25) is 0 Å². The van der Waals surface area contributed by atoms with Crippen molar-refractivity contribution >= 4 is 5.91 Å². The van der Waals surface area contributed by atoms with Crippen molar-refractivity contribution in [2.45, 2.75) is 20.1 Å². The fourth-order valence-electron chi connectivity index (χ4n) is 2.51. The Hall–Kier alpha value is -3.22. The average molecular weight is 357 g/mol. The highest BCUT2D eigenvalue weighted by Gasteiger charge is 2.08. The van der Waals surface area contributed by atoms with Crippen LogP contribution < -0.4 is 10.1 Å². The molecule has 0 bridgehead atoms. The van der Waals surface area contributed by atoms with Gasteiger partial charge >= 0.3 is 6.61 Å². The number of nitrogens with zero attached hydrogens (tertiary/aromatic N) is 2. The highest BCUT2D eigenvalue weighted by Crippen LogP contribution is 2.16. The molecule has 0 aliphatic heterocycles. The molecule has 0 atom stereocenters. The van der Waals surface area contributed by atoms with Gasteiger partial charge in [0.05, 0.1) is 5.69 Å². The average Bonchev–Trinajstić information content (AvgIpc) is 3.05. The number of amides is 1. The number of alkyl halides is 2. The predicted molar refractivity (Wildman–Crippen MR) is 92.5 cm³/mol. The van der Waals surface area contributed by atoms with Gasteiger partial charge < -0.3 is 10.1 Å². The molecular weight excluding hydrogens is 340 g/mol. The fraction of sp³-hybridized carbons (Fsp3) is 0.158. The summed E-state index contributed by atoms with van der Waals surface area (Å²) in [7, 11) is 0. The van der Waals surface area contributed by atoms with Gasteiger partial charge in [-0.1, -0.05) is 12.1 Å². The Kier molecular flexibility index (Phi) is 5.26. The lowest BCUT2D eigenvalue weighted by molar-refractivity contribution is -0.0498. The van der Waals surface area contributed by atoms with Crippen LogP contribution in [0, 0.1) is 6.92 Å². The molecule has 0 fully saturated rings. The van der Waals surface area contributed by atoms with Gasteiger partial charge in [0, 0.05) is 24.0 Å². The minimum absolute atomic E-state index is 0.0608. The maximum absolute atomic E-state index is 12.3. The molecule has 3 aromatic rings. The number of aromatic nitrogens is 2. The van der Waals surface area contributed by atoms with Gasteiger partial charge in [-0.3, -0.25) is 4.79 Å². The Morgan fingerprint density at radius 3 is 2.62 bits per heavy atom. The van der Waals surface area contributed by atoms with Crippen molar-refractivity contribution in [3.05, 3.63) is 77.6 Å². The second-order valence-corrected chi connectivity index (χ2v) is 5.64. The van der Waals surface area contributed by atoms with Crippen molar-refractivity contribution in [3.8, 4) is 11.4 Å². The van der Waals surface area contributed by atoms with E-state index in [1.165, 1.54) is 12.1 Å². The van der Waals surface area contributed by atoms with Gasteiger partial charge in [-0.15, -0.1) is 0 Å². The first-order valence-corrected chi connectivity index (χ1v) is 7.96. The second-order valence-electron chi connectivity index (χ2n) is 5.64. The SMILES string of the molecule is Cc1ccnn1-c1ccc(C(=O)NCc2cccc(OC(F)F)c2)cc1. The summed E-state index contributed by atoms with van der Waals surface area (Å²) < 4.78 is 30.6. The van der Waals surface area contributed by atoms with Crippen LogP contribution in [0.4, 0.5) is 8.78 Å². The molecule has 0 radical (unpaired) electrons. The zero-order valence-corrected chi connectivity index (χ0v) is 14.0. The highest BCUT2D eigenvalue weighted by molar-refractivity contribution is 5.94. The molecule has 1 N–H and O–H groups in total. The topological polar surface area (TPSA) is 56.2 Å². The molecule has 1 heterocycles. The maximum Gasteiger partial charge on any atom is 0.387 e. The third-order valence-electron chi connectivity index (χ3n) is 3.78. The van der Waals surface area contributed by atoms with Gasteiger partial charge in [0.25, 0.3) is 5.91 Å². The van der Waals surface area contributed by atoms with E-state index in [1.807, 2.05) is 25.1 Å². The first-order valence-electron chi connectivity index (χ1n) is 7.96. The van der Waals surface area contributed by atoms with E-state index in [-0.39, 0.29) is 18.2 Å². The molecule has 0 aliphatic carbocycles. The van der Waals surface area contributed by atoms with Crippen molar-refractivity contribution in [2.75, 3.05) is 0 Å². The van der Waals surface area contributed by atoms with E-state index in [4.69, 9.17) is 0 Å². The number of hydrogen-bond acceptors (Lipinski definition) is 3. The summed E-state index contributed by atoms with van der Waals surface area (Å²) >= 11 is 0. The number of carbonyl (C=O) groups is 1. The molecule has 0 unspecified atom stereocenters. The largest absolute Gasteiger partial charge is 0.435 e. The summed E-state index contributed by atoms with van der Waals surface area (Å²) in [6.07, 6.45) is 1.71. The Balaban J connectivity index is 1.63. The summed E-state index contributed by atoms with van der Waals surface area (Å²) in [4.78, 5) is 12.3. The highest BCUT2D eigenvalue weighted by atomic mass is 19.3. The molecular formula is C19H17F2N3O2. The van der Waals surface area contributed by atoms with Gasteiger partial charge in [-0.2, -0.15) is 13.9 Å². The lowest BCUT2D eigenvalue weighted by atomic mass is 10.1. The number of hydrogen-bond donors (Lipinski definition) is 1. The number of nitrogens with one attached hydrogen (secondary N) is 1. The number of halogens is 2. The molecule has 134 valence electrons. The van der Waals surface area contributed by atoms with Gasteiger partial charge in [0.2, 0.25) is 0 Å². The summed E-state index contributed by atoms with van der Waals surface area (Å²) in [5, 5.41) is 6.97. The summed E-state index contributed by atoms with van der Waals surface area (Å²) in [6.45, 7) is -0.726. The van der Waals surface area contributed by atoms with Gasteiger partial charge in [0.15, 0.2) is 0 Å². The van der Waals surface area contributed by atoms with Crippen molar-refractivity contribution in [3.63, 3.8) is 0 Å². The maximum atomic E-state index is 12.3. The zero-order chi connectivity index (χ0) is 18.5. The summed E-state index contributed by atoms with van der Waals surface area (Å²) in [5.74, 6) is -0.195. The molecule has 3 rings (SSSR count). The van der Waals surface area contributed by atoms with E-state index in [9.17, 15) is 13.6 Å². The summed E-state index contributed by atoms with van der Waals surface area (Å²) in [5.41, 5.74) is 3.02. The minimum atomic E-state index is -2.88. The van der Waals surface area contributed by atoms with Crippen LogP contribution in [0.5, 0.6) is 5.75 Å². The van der Waals surface area contributed by atoms with Crippen LogP contribution in [0.15, 0.2) is 60.8 Å². The van der Waals surface area contributed by atoms with E-state index in [0.29, 0.717) is 11.1 Å². The smallest absolute Gasteiger partial charge is 0.387 e. The molecule has 0 saturated carbocycles. The third kappa shape index (κ3) is 4.24. The van der Waals surface area contributed by atoms with E-state index in [2.05, 4.69) is 15.2 Å². The van der Waals surface area contributed by atoms with Gasteiger partial charge in [-0.25, -0.2) is 4.68 Å². The van der Waals surface area contributed by atoms with Crippen molar-refractivity contribution in [1.29, 1.82) is 0 Å². The first-order chi connectivity index (χ1) is 12.5. The monoisotopic (exact) mass is 357 g/mol. The number of ether oxygens (including phenoxy) is 1. The Morgan fingerprint density at radius 2 is 1.96 bits per heavy atom. The molecule has 0 aliphatic rings. The molecule has 1 aromatic heterocycles. The van der Waals surface area contributed by atoms with Crippen LogP contribution in [-0.4, -0.2) is 22.3 Å². The minimum Gasteiger partial charge on any atom is -0.435 e. The van der Waals surface area contributed by atoms with E-state index in [0.717, 1.165) is 11.4 Å². The molecule has 1 amide bonds. The van der Waals surface area contributed by atoms with E-state index < -0.39 is 6.61 Å². The van der Waals surface area contributed by atoms with Crippen LogP contribution in [0.25, 0.3) is 5.69 Å². The number of benzene rings is 2. The van der Waals surface area contributed by atoms with Crippen molar-refractivity contribution in [1.82, 2.24) is 15.1 Å². The van der Waals surface area contributed by atoms with Crippen LogP contribution in [0.3, 0.4) is 0 Å². The normalized spacial score (nSPS) is 10.8. The van der Waals surface area contributed by atoms with E-state index >= 15 is 0 Å². The molecule has 7 heteroatoms. The first kappa shape index (κ1) is 17.6. The van der Waals surface area contributed by atoms with Crippen molar-refractivity contribution < 1.29 is 18.3 Å². The molecule has 0 spiro atoms. The molecule has 2 aromatic carbocycles. The lowest BCUT2D eigenvalue weighted by Gasteiger charge is -2.09. The molecule has 26 heavy (non-hydrogen) atoms. The van der Waals surface area contributed by atoms with Crippen molar-refractivity contribution in [2.24, 2.45) is 0 Å². The predicted octanol–water partition coefficient (Wildman–Crippen LogP) is 3.71. The van der Waals surface area contributed by atoms with Crippen LogP contribution in [-0.2, 0) is 6.54 Å². The number of carbonyl (C=O) groups excluding carboxylic acids is 1. The fourth-order valence-corrected chi connectivity index (χ4v) is 2.51. The molecule has 5 nitrogen and oxygen atoms in total. The standard InChI is InChI=1S/C19H17F2N3O2/c1-13-9-10-23-24(13)16-7-5-15(6-8-16)18(25)22-12-14-3-2-4-17(11-14)26-19(20)21/h2-11,19H,12H2,1H3,(H,22,25). The quantitative estimate of drug-likeness (QED) is 0.732. The summed E-state index contributed by atoms with van der Waals surface area (Å²) in [6, 6.07) is 15.2. The van der Waals surface area contributed by atoms with Crippen LogP contribution in [0.1, 0.15) is 21.6 Å². The van der Waals surface area contributed by atoms with Gasteiger partial charge in [-0.05, 0) is 55.0 Å². The second kappa shape index (κ2) is 7.77. The Morgan fingerprint density at radius 1 is 1.19 bits per heavy atom. The zero-order valence-electron chi connectivity index (χ0n) is 14.0. The lowest BCUT2D eigenvalue weighted by Crippen LogP contribution is -2.22. The number of rotatable bonds is 6.